The van der Waals surface area contributed by atoms with Gasteiger partial charge in [-0.3, -0.25) is 9.59 Å². The number of hydrogen-bond donors (Lipinski definition) is 2. The van der Waals surface area contributed by atoms with Gasteiger partial charge < -0.3 is 15.4 Å². The van der Waals surface area contributed by atoms with Gasteiger partial charge in [-0.25, -0.2) is 0 Å². The second-order valence-corrected chi connectivity index (χ2v) is 5.95. The van der Waals surface area contributed by atoms with Crippen molar-refractivity contribution >= 4 is 17.5 Å². The van der Waals surface area contributed by atoms with Gasteiger partial charge in [-0.1, -0.05) is 32.9 Å². The standard InChI is InChI=1S/C15H20N2O3/c1-15(2,3)10-4-6-11(7-5-10)16-14(19)12-8-20-9-13(18)17-12/h4-7,12H,8-9H2,1-3H3,(H,16,19)(H,17,18). The van der Waals surface area contributed by atoms with Gasteiger partial charge in [0.1, 0.15) is 12.6 Å². The molecule has 1 aliphatic heterocycles. The molecule has 2 amide bonds. The number of nitrogens with one attached hydrogen (secondary N) is 2. The number of benzene rings is 1. The van der Waals surface area contributed by atoms with Crippen LogP contribution in [0.3, 0.4) is 0 Å². The van der Waals surface area contributed by atoms with E-state index in [0.717, 1.165) is 0 Å². The second kappa shape index (κ2) is 5.63. The van der Waals surface area contributed by atoms with E-state index in [2.05, 4.69) is 31.4 Å². The van der Waals surface area contributed by atoms with Gasteiger partial charge >= 0.3 is 0 Å². The molecular formula is C15H20N2O3. The molecule has 1 saturated heterocycles. The molecule has 20 heavy (non-hydrogen) atoms. The lowest BCUT2D eigenvalue weighted by molar-refractivity contribution is -0.136. The van der Waals surface area contributed by atoms with E-state index >= 15 is 0 Å². The maximum atomic E-state index is 12.0. The van der Waals surface area contributed by atoms with Gasteiger partial charge in [0.25, 0.3) is 0 Å². The summed E-state index contributed by atoms with van der Waals surface area (Å²) in [7, 11) is 0. The zero-order valence-corrected chi connectivity index (χ0v) is 12.0. The van der Waals surface area contributed by atoms with Crippen LogP contribution in [0, 0.1) is 0 Å². The van der Waals surface area contributed by atoms with Crippen molar-refractivity contribution in [2.24, 2.45) is 0 Å². The summed E-state index contributed by atoms with van der Waals surface area (Å²) in [5.74, 6) is -0.527. The first kappa shape index (κ1) is 14.5. The van der Waals surface area contributed by atoms with Crippen molar-refractivity contribution in [1.29, 1.82) is 0 Å². The first-order valence-electron chi connectivity index (χ1n) is 6.65. The monoisotopic (exact) mass is 276 g/mol. The highest BCUT2D eigenvalue weighted by atomic mass is 16.5. The van der Waals surface area contributed by atoms with Gasteiger partial charge in [0, 0.05) is 5.69 Å². The predicted molar refractivity (Wildman–Crippen MR) is 76.5 cm³/mol. The Hall–Kier alpha value is -1.88. The van der Waals surface area contributed by atoms with Crippen molar-refractivity contribution in [2.45, 2.75) is 32.2 Å². The molecule has 0 bridgehead atoms. The molecular weight excluding hydrogens is 256 g/mol. The van der Waals surface area contributed by atoms with Crippen molar-refractivity contribution in [2.75, 3.05) is 18.5 Å². The molecule has 5 heteroatoms. The molecule has 1 heterocycles. The molecule has 108 valence electrons. The Labute approximate surface area is 118 Å². The van der Waals surface area contributed by atoms with Crippen LogP contribution < -0.4 is 10.6 Å². The normalized spacial score (nSPS) is 19.4. The molecule has 0 aliphatic carbocycles. The van der Waals surface area contributed by atoms with Crippen LogP contribution in [0.5, 0.6) is 0 Å². The number of rotatable bonds is 2. The number of amides is 2. The first-order valence-corrected chi connectivity index (χ1v) is 6.65. The zero-order chi connectivity index (χ0) is 14.8. The minimum absolute atomic E-state index is 0.0179. The number of anilines is 1. The third kappa shape index (κ3) is 3.57. The Morgan fingerprint density at radius 1 is 1.30 bits per heavy atom. The largest absolute Gasteiger partial charge is 0.369 e. The van der Waals surface area contributed by atoms with Crippen LogP contribution in [0.2, 0.25) is 0 Å². The lowest BCUT2D eigenvalue weighted by Gasteiger charge is -2.23. The molecule has 1 aromatic rings. The summed E-state index contributed by atoms with van der Waals surface area (Å²) in [4.78, 5) is 23.2. The van der Waals surface area contributed by atoms with Gasteiger partial charge in [-0.05, 0) is 23.1 Å². The molecule has 1 aliphatic rings. The van der Waals surface area contributed by atoms with E-state index in [9.17, 15) is 9.59 Å². The van der Waals surface area contributed by atoms with Crippen molar-refractivity contribution in [1.82, 2.24) is 5.32 Å². The molecule has 5 nitrogen and oxygen atoms in total. The summed E-state index contributed by atoms with van der Waals surface area (Å²) < 4.78 is 5.04. The molecule has 1 fully saturated rings. The lowest BCUT2D eigenvalue weighted by Crippen LogP contribution is -2.51. The number of hydrogen-bond acceptors (Lipinski definition) is 3. The summed E-state index contributed by atoms with van der Waals surface area (Å²) in [6, 6.07) is 7.09. The molecule has 1 unspecified atom stereocenters. The van der Waals surface area contributed by atoms with Gasteiger partial charge in [-0.15, -0.1) is 0 Å². The molecule has 0 aromatic heterocycles. The Morgan fingerprint density at radius 3 is 2.50 bits per heavy atom. The van der Waals surface area contributed by atoms with E-state index in [0.29, 0.717) is 5.69 Å². The molecule has 0 radical (unpaired) electrons. The maximum Gasteiger partial charge on any atom is 0.249 e. The van der Waals surface area contributed by atoms with Crippen LogP contribution in [0.15, 0.2) is 24.3 Å². The fraction of sp³-hybridized carbons (Fsp3) is 0.467. The SMILES string of the molecule is CC(C)(C)c1ccc(NC(=O)C2COCC(=O)N2)cc1. The second-order valence-electron chi connectivity index (χ2n) is 5.95. The quantitative estimate of drug-likeness (QED) is 0.859. The topological polar surface area (TPSA) is 67.4 Å². The minimum atomic E-state index is -0.626. The number of carbonyl (C=O) groups excluding carboxylic acids is 2. The summed E-state index contributed by atoms with van der Waals surface area (Å²) in [5, 5.41) is 5.37. The van der Waals surface area contributed by atoms with Crippen LogP contribution in [-0.4, -0.2) is 31.1 Å². The summed E-state index contributed by atoms with van der Waals surface area (Å²) in [6.45, 7) is 6.63. The highest BCUT2D eigenvalue weighted by molar-refractivity contribution is 5.97. The lowest BCUT2D eigenvalue weighted by atomic mass is 9.87. The average molecular weight is 276 g/mol. The number of morpholine rings is 1. The molecule has 0 saturated carbocycles. The van der Waals surface area contributed by atoms with Gasteiger partial charge in [0.15, 0.2) is 0 Å². The van der Waals surface area contributed by atoms with Gasteiger partial charge in [-0.2, -0.15) is 0 Å². The maximum absolute atomic E-state index is 12.0. The smallest absolute Gasteiger partial charge is 0.249 e. The predicted octanol–water partition coefficient (Wildman–Crippen LogP) is 1.44. The molecule has 0 spiro atoms. The molecule has 1 aromatic carbocycles. The van der Waals surface area contributed by atoms with E-state index in [1.54, 1.807) is 0 Å². The van der Waals surface area contributed by atoms with Crippen LogP contribution in [-0.2, 0) is 19.7 Å². The summed E-state index contributed by atoms with van der Waals surface area (Å²) >= 11 is 0. The van der Waals surface area contributed by atoms with Crippen LogP contribution >= 0.6 is 0 Å². The fourth-order valence-corrected chi connectivity index (χ4v) is 1.97. The van der Waals surface area contributed by atoms with Crippen molar-refractivity contribution < 1.29 is 14.3 Å². The minimum Gasteiger partial charge on any atom is -0.369 e. The van der Waals surface area contributed by atoms with E-state index in [1.807, 2.05) is 24.3 Å². The van der Waals surface area contributed by atoms with Gasteiger partial charge in [0.05, 0.1) is 6.61 Å². The summed E-state index contributed by atoms with van der Waals surface area (Å²) in [5.41, 5.74) is 1.99. The molecule has 2 N–H and O–H groups in total. The summed E-state index contributed by atoms with van der Waals surface area (Å²) in [6.07, 6.45) is 0. The fourth-order valence-electron chi connectivity index (χ4n) is 1.97. The molecule has 1 atom stereocenters. The Morgan fingerprint density at radius 2 is 1.95 bits per heavy atom. The third-order valence-corrected chi connectivity index (χ3v) is 3.19. The highest BCUT2D eigenvalue weighted by Gasteiger charge is 2.25. The third-order valence-electron chi connectivity index (χ3n) is 3.19. The Bertz CT molecular complexity index is 503. The first-order chi connectivity index (χ1) is 9.36. The van der Waals surface area contributed by atoms with Crippen molar-refractivity contribution in [3.63, 3.8) is 0 Å². The van der Waals surface area contributed by atoms with E-state index in [4.69, 9.17) is 4.74 Å². The van der Waals surface area contributed by atoms with E-state index < -0.39 is 6.04 Å². The van der Waals surface area contributed by atoms with Crippen LogP contribution in [0.1, 0.15) is 26.3 Å². The van der Waals surface area contributed by atoms with Gasteiger partial charge in [0.2, 0.25) is 11.8 Å². The van der Waals surface area contributed by atoms with Crippen LogP contribution in [0.4, 0.5) is 5.69 Å². The Balaban J connectivity index is 1.99. The number of carbonyl (C=O) groups is 2. The van der Waals surface area contributed by atoms with E-state index in [1.165, 1.54) is 5.56 Å². The zero-order valence-electron chi connectivity index (χ0n) is 12.0. The van der Waals surface area contributed by atoms with Crippen molar-refractivity contribution in [3.05, 3.63) is 29.8 Å². The van der Waals surface area contributed by atoms with Crippen LogP contribution in [0.25, 0.3) is 0 Å². The number of ether oxygens (including phenoxy) is 1. The van der Waals surface area contributed by atoms with Crippen molar-refractivity contribution in [3.8, 4) is 0 Å². The highest BCUT2D eigenvalue weighted by Crippen LogP contribution is 2.23. The molecule has 2 rings (SSSR count). The van der Waals surface area contributed by atoms with E-state index in [-0.39, 0.29) is 30.4 Å². The average Bonchev–Trinajstić information content (AvgIpc) is 2.38. The Kier molecular flexibility index (Phi) is 4.09.